The maximum absolute atomic E-state index is 13.4. The molecule has 1 aliphatic carbocycles. The molecular formula is C33H54O3. The molecule has 0 saturated heterocycles. The summed E-state index contributed by atoms with van der Waals surface area (Å²) in [5.74, 6) is 0.752. The molecule has 3 unspecified atom stereocenters. The van der Waals surface area contributed by atoms with Gasteiger partial charge in [0.2, 0.25) is 0 Å². The van der Waals surface area contributed by atoms with E-state index < -0.39 is 0 Å². The van der Waals surface area contributed by atoms with Gasteiger partial charge in [-0.15, -0.1) is 0 Å². The summed E-state index contributed by atoms with van der Waals surface area (Å²) in [5.41, 5.74) is 4.70. The SMILES string of the molecule is CCC.CCCCC(C)(C)c1ccc2c(c1C)C(=O)CC(CC(CCC)C(CC)C(=O)CC(C)=O)C2. The number of hydrogen-bond donors (Lipinski definition) is 0. The molecule has 1 aromatic carbocycles. The van der Waals surface area contributed by atoms with E-state index in [1.807, 2.05) is 0 Å². The number of rotatable bonds is 13. The molecule has 2 rings (SSSR count). The number of ketones is 3. The number of carbonyl (C=O) groups is 3. The number of Topliss-reactive ketones (excluding diaryl/α,β-unsaturated/α-hetero) is 3. The fourth-order valence-corrected chi connectivity index (χ4v) is 6.21. The van der Waals surface area contributed by atoms with Crippen molar-refractivity contribution in [1.82, 2.24) is 0 Å². The molecule has 36 heavy (non-hydrogen) atoms. The Morgan fingerprint density at radius 2 is 1.67 bits per heavy atom. The Bertz CT molecular complexity index is 864. The number of carbonyl (C=O) groups excluding carboxylic acids is 3. The number of unbranched alkanes of at least 4 members (excludes halogenated alkanes) is 1. The van der Waals surface area contributed by atoms with Crippen molar-refractivity contribution < 1.29 is 14.4 Å². The van der Waals surface area contributed by atoms with E-state index in [1.165, 1.54) is 42.9 Å². The fraction of sp³-hybridized carbons (Fsp3) is 0.727. The Morgan fingerprint density at radius 1 is 1.03 bits per heavy atom. The van der Waals surface area contributed by atoms with Crippen molar-refractivity contribution in [3.63, 3.8) is 0 Å². The van der Waals surface area contributed by atoms with Gasteiger partial charge in [-0.05, 0) is 73.5 Å². The molecule has 0 aliphatic heterocycles. The van der Waals surface area contributed by atoms with Gasteiger partial charge in [0, 0.05) is 17.9 Å². The molecule has 3 heteroatoms. The summed E-state index contributed by atoms with van der Waals surface area (Å²) in [4.78, 5) is 37.7. The Kier molecular flexibility index (Phi) is 13.9. The topological polar surface area (TPSA) is 51.2 Å². The summed E-state index contributed by atoms with van der Waals surface area (Å²) in [6.07, 6.45) is 9.93. The largest absolute Gasteiger partial charge is 0.300 e. The molecule has 3 nitrogen and oxygen atoms in total. The predicted octanol–water partition coefficient (Wildman–Crippen LogP) is 9.01. The van der Waals surface area contributed by atoms with Gasteiger partial charge >= 0.3 is 0 Å². The Morgan fingerprint density at radius 3 is 2.19 bits per heavy atom. The maximum atomic E-state index is 13.4. The van der Waals surface area contributed by atoms with Crippen LogP contribution in [0, 0.1) is 24.7 Å². The van der Waals surface area contributed by atoms with Crippen LogP contribution in [-0.4, -0.2) is 17.3 Å². The van der Waals surface area contributed by atoms with Crippen molar-refractivity contribution in [2.24, 2.45) is 17.8 Å². The van der Waals surface area contributed by atoms with Crippen molar-refractivity contribution in [3.05, 3.63) is 34.4 Å². The van der Waals surface area contributed by atoms with E-state index in [0.29, 0.717) is 6.42 Å². The third kappa shape index (κ3) is 8.96. The summed E-state index contributed by atoms with van der Waals surface area (Å²) in [5, 5.41) is 0. The minimum atomic E-state index is -0.0752. The molecule has 0 fully saturated rings. The van der Waals surface area contributed by atoms with Gasteiger partial charge in [-0.2, -0.15) is 0 Å². The van der Waals surface area contributed by atoms with Crippen LogP contribution in [-0.2, 0) is 21.4 Å². The van der Waals surface area contributed by atoms with Gasteiger partial charge in [0.1, 0.15) is 11.6 Å². The van der Waals surface area contributed by atoms with Gasteiger partial charge in [-0.3, -0.25) is 14.4 Å². The fourth-order valence-electron chi connectivity index (χ4n) is 6.21. The summed E-state index contributed by atoms with van der Waals surface area (Å²) in [7, 11) is 0. The van der Waals surface area contributed by atoms with Gasteiger partial charge in [-0.1, -0.05) is 92.7 Å². The Balaban J connectivity index is 0.00000205. The standard InChI is InChI=1S/C30H46O3.C3H8/c1-8-11-15-30(6,7)26-14-13-24-18-22(19-28(33)29(24)21(26)5)17-23(12-9-2)25(10-3)27(32)16-20(4)31;1-3-2/h13-14,22-23,25H,8-12,15-19H2,1-7H3;3H2,1-2H3. The van der Waals surface area contributed by atoms with Gasteiger partial charge < -0.3 is 0 Å². The second-order valence-electron chi connectivity index (χ2n) is 11.8. The first-order chi connectivity index (χ1) is 17.0. The van der Waals surface area contributed by atoms with Crippen LogP contribution in [0.5, 0.6) is 0 Å². The van der Waals surface area contributed by atoms with Crippen molar-refractivity contribution in [1.29, 1.82) is 0 Å². The molecule has 0 spiro atoms. The van der Waals surface area contributed by atoms with Gasteiger partial charge in [0.15, 0.2) is 5.78 Å². The monoisotopic (exact) mass is 498 g/mol. The zero-order chi connectivity index (χ0) is 27.5. The van der Waals surface area contributed by atoms with E-state index in [4.69, 9.17) is 0 Å². The van der Waals surface area contributed by atoms with Crippen molar-refractivity contribution in [3.8, 4) is 0 Å². The van der Waals surface area contributed by atoms with Gasteiger partial charge in [0.05, 0.1) is 6.42 Å². The van der Waals surface area contributed by atoms with Crippen LogP contribution in [0.1, 0.15) is 147 Å². The average molecular weight is 499 g/mol. The summed E-state index contributed by atoms with van der Waals surface area (Å²) < 4.78 is 0. The summed E-state index contributed by atoms with van der Waals surface area (Å²) >= 11 is 0. The molecule has 0 saturated carbocycles. The number of benzene rings is 1. The molecule has 0 bridgehead atoms. The first-order valence-corrected chi connectivity index (χ1v) is 14.6. The van der Waals surface area contributed by atoms with Crippen molar-refractivity contribution in [2.75, 3.05) is 0 Å². The van der Waals surface area contributed by atoms with Gasteiger partial charge in [-0.25, -0.2) is 0 Å². The lowest BCUT2D eigenvalue weighted by Gasteiger charge is -2.34. The van der Waals surface area contributed by atoms with E-state index in [-0.39, 0.29) is 46.9 Å². The summed E-state index contributed by atoms with van der Waals surface area (Å²) in [6, 6.07) is 4.46. The van der Waals surface area contributed by atoms with E-state index in [0.717, 1.165) is 44.1 Å². The lowest BCUT2D eigenvalue weighted by atomic mass is 9.70. The third-order valence-corrected chi connectivity index (χ3v) is 7.84. The second kappa shape index (κ2) is 15.5. The van der Waals surface area contributed by atoms with Crippen molar-refractivity contribution >= 4 is 17.3 Å². The molecule has 1 aromatic rings. The highest BCUT2D eigenvalue weighted by Crippen LogP contribution is 2.39. The lowest BCUT2D eigenvalue weighted by Crippen LogP contribution is -2.30. The second-order valence-corrected chi connectivity index (χ2v) is 11.8. The zero-order valence-corrected chi connectivity index (χ0v) is 24.9. The van der Waals surface area contributed by atoms with E-state index in [2.05, 4.69) is 67.5 Å². The van der Waals surface area contributed by atoms with E-state index >= 15 is 0 Å². The Labute approximate surface area is 222 Å². The normalized spacial score (nSPS) is 17.0. The lowest BCUT2D eigenvalue weighted by molar-refractivity contribution is -0.129. The molecule has 3 atom stereocenters. The number of fused-ring (bicyclic) bond motifs is 1. The molecule has 0 amide bonds. The first-order valence-electron chi connectivity index (χ1n) is 14.6. The highest BCUT2D eigenvalue weighted by atomic mass is 16.1. The maximum Gasteiger partial charge on any atom is 0.163 e. The van der Waals surface area contributed by atoms with Crippen LogP contribution in [0.25, 0.3) is 0 Å². The zero-order valence-electron chi connectivity index (χ0n) is 24.9. The van der Waals surface area contributed by atoms with Crippen LogP contribution < -0.4 is 0 Å². The smallest absolute Gasteiger partial charge is 0.163 e. The average Bonchev–Trinajstić information content (AvgIpc) is 2.78. The Hall–Kier alpha value is -1.77. The van der Waals surface area contributed by atoms with Gasteiger partial charge in [0.25, 0.3) is 0 Å². The third-order valence-electron chi connectivity index (χ3n) is 7.84. The van der Waals surface area contributed by atoms with Crippen LogP contribution in [0.4, 0.5) is 0 Å². The van der Waals surface area contributed by atoms with Crippen molar-refractivity contribution in [2.45, 2.75) is 138 Å². The van der Waals surface area contributed by atoms with Crippen LogP contribution >= 0.6 is 0 Å². The van der Waals surface area contributed by atoms with E-state index in [1.54, 1.807) is 0 Å². The molecule has 0 heterocycles. The van der Waals surface area contributed by atoms with Crippen LogP contribution in [0.3, 0.4) is 0 Å². The quantitative estimate of drug-likeness (QED) is 0.255. The van der Waals surface area contributed by atoms with E-state index in [9.17, 15) is 14.4 Å². The van der Waals surface area contributed by atoms with Crippen LogP contribution in [0.15, 0.2) is 12.1 Å². The predicted molar refractivity (Wildman–Crippen MR) is 153 cm³/mol. The van der Waals surface area contributed by atoms with Crippen LogP contribution in [0.2, 0.25) is 0 Å². The molecule has 0 aromatic heterocycles. The molecule has 0 radical (unpaired) electrons. The highest BCUT2D eigenvalue weighted by molar-refractivity contribution is 6.00. The molecule has 0 N–H and O–H groups in total. The first kappa shape index (κ1) is 32.3. The number of hydrogen-bond acceptors (Lipinski definition) is 3. The highest BCUT2D eigenvalue weighted by Gasteiger charge is 2.34. The summed E-state index contributed by atoms with van der Waals surface area (Å²) in [6.45, 7) is 18.9. The molecule has 204 valence electrons. The minimum absolute atomic E-state index is 0.0426. The molecule has 1 aliphatic rings. The molecular weight excluding hydrogens is 444 g/mol. The minimum Gasteiger partial charge on any atom is -0.300 e.